The number of methoxy groups -OCH3 is 1. The van der Waals surface area contributed by atoms with Crippen molar-refractivity contribution in [3.8, 4) is 22.8 Å². The highest BCUT2D eigenvalue weighted by Gasteiger charge is 2.53. The van der Waals surface area contributed by atoms with Gasteiger partial charge in [-0.2, -0.15) is 0 Å². The smallest absolute Gasteiger partial charge is 0.407 e. The van der Waals surface area contributed by atoms with Crippen LogP contribution in [-0.2, 0) is 6.42 Å². The van der Waals surface area contributed by atoms with Crippen LogP contribution in [0.15, 0.2) is 36.7 Å². The fourth-order valence-electron chi connectivity index (χ4n) is 6.13. The van der Waals surface area contributed by atoms with Gasteiger partial charge in [-0.05, 0) is 43.4 Å². The summed E-state index contributed by atoms with van der Waals surface area (Å²) in [5.74, 6) is 0.0573. The van der Waals surface area contributed by atoms with Crippen LogP contribution >= 0.6 is 0 Å². The van der Waals surface area contributed by atoms with E-state index in [1.54, 1.807) is 30.6 Å². The van der Waals surface area contributed by atoms with Crippen molar-refractivity contribution in [1.82, 2.24) is 20.2 Å². The summed E-state index contributed by atoms with van der Waals surface area (Å²) in [5.41, 5.74) is 2.67. The predicted octanol–water partition coefficient (Wildman–Crippen LogP) is 4.17. The average Bonchev–Trinajstić information content (AvgIpc) is 3.60. The molecule has 1 aliphatic carbocycles. The molecule has 6 rings (SSSR count). The summed E-state index contributed by atoms with van der Waals surface area (Å²) in [4.78, 5) is 34.0. The number of amides is 2. The minimum Gasteiger partial charge on any atom is -0.492 e. The van der Waals surface area contributed by atoms with Crippen LogP contribution in [0.4, 0.5) is 20.6 Å². The fourth-order valence-corrected chi connectivity index (χ4v) is 6.13. The third-order valence-electron chi connectivity index (χ3n) is 7.88. The molecule has 10 nitrogen and oxygen atoms in total. The summed E-state index contributed by atoms with van der Waals surface area (Å²) in [7, 11) is 1.38. The maximum Gasteiger partial charge on any atom is 0.407 e. The number of halogens is 1. The highest BCUT2D eigenvalue weighted by atomic mass is 19.1. The second-order valence-corrected chi connectivity index (χ2v) is 10.1. The van der Waals surface area contributed by atoms with Crippen molar-refractivity contribution >= 4 is 23.4 Å². The first kappa shape index (κ1) is 24.1. The van der Waals surface area contributed by atoms with Gasteiger partial charge in [-0.1, -0.05) is 6.07 Å². The van der Waals surface area contributed by atoms with Gasteiger partial charge in [0.15, 0.2) is 11.6 Å². The molecule has 0 spiro atoms. The van der Waals surface area contributed by atoms with Crippen LogP contribution in [0.2, 0.25) is 0 Å². The number of carbonyl (C=O) groups excluding carboxylic acids is 1. The summed E-state index contributed by atoms with van der Waals surface area (Å²) >= 11 is 0. The molecule has 198 valence electrons. The number of anilines is 2. The molecule has 2 fully saturated rings. The monoisotopic (exact) mass is 521 g/mol. The van der Waals surface area contributed by atoms with E-state index in [0.29, 0.717) is 59.4 Å². The Kier molecular flexibility index (Phi) is 5.85. The van der Waals surface area contributed by atoms with Crippen molar-refractivity contribution in [2.75, 3.05) is 32.1 Å². The van der Waals surface area contributed by atoms with Crippen molar-refractivity contribution in [3.63, 3.8) is 0 Å². The molecule has 4 heterocycles. The van der Waals surface area contributed by atoms with Crippen LogP contribution in [0.1, 0.15) is 35.3 Å². The number of fused-ring (bicyclic) bond motifs is 3. The van der Waals surface area contributed by atoms with Crippen molar-refractivity contribution < 1.29 is 28.6 Å². The van der Waals surface area contributed by atoms with Crippen LogP contribution < -0.4 is 20.1 Å². The Morgan fingerprint density at radius 2 is 2.24 bits per heavy atom. The van der Waals surface area contributed by atoms with Gasteiger partial charge in [0.2, 0.25) is 0 Å². The zero-order valence-corrected chi connectivity index (χ0v) is 20.8. The SMILES string of the molecule is COc1c(F)cccc1Nc1c(-c2ccncc2OCC23CCC(CN2C(=O)O)C3)[nH]c2c1C(=O)NCC2. The lowest BCUT2D eigenvalue weighted by molar-refractivity contribution is 0.0594. The molecule has 1 saturated carbocycles. The molecular weight excluding hydrogens is 493 g/mol. The first-order valence-electron chi connectivity index (χ1n) is 12.6. The van der Waals surface area contributed by atoms with Crippen molar-refractivity contribution in [2.45, 2.75) is 31.2 Å². The van der Waals surface area contributed by atoms with Gasteiger partial charge in [0.1, 0.15) is 12.4 Å². The van der Waals surface area contributed by atoms with E-state index < -0.39 is 17.4 Å². The molecule has 0 radical (unpaired) electrons. The molecule has 4 N–H and O–H groups in total. The number of nitrogens with one attached hydrogen (secondary N) is 3. The third-order valence-corrected chi connectivity index (χ3v) is 7.88. The molecule has 1 aromatic carbocycles. The zero-order valence-electron chi connectivity index (χ0n) is 20.8. The number of rotatable bonds is 7. The number of aromatic nitrogens is 2. The topological polar surface area (TPSA) is 129 Å². The number of carboxylic acid groups (broad SMARTS) is 1. The number of likely N-dealkylation sites (tertiary alicyclic amines) is 1. The van der Waals surface area contributed by atoms with Crippen molar-refractivity contribution in [3.05, 3.63) is 53.7 Å². The van der Waals surface area contributed by atoms with Crippen LogP contribution in [-0.4, -0.2) is 64.3 Å². The maximum atomic E-state index is 14.5. The van der Waals surface area contributed by atoms with E-state index in [0.717, 1.165) is 25.0 Å². The summed E-state index contributed by atoms with van der Waals surface area (Å²) in [5, 5.41) is 15.8. The number of aromatic amines is 1. The van der Waals surface area contributed by atoms with E-state index in [2.05, 4.69) is 20.6 Å². The third kappa shape index (κ3) is 3.89. The lowest BCUT2D eigenvalue weighted by Crippen LogP contribution is -2.51. The number of carbonyl (C=O) groups is 2. The normalized spacial score (nSPS) is 21.7. The lowest BCUT2D eigenvalue weighted by atomic mass is 9.98. The Balaban J connectivity index is 1.40. The summed E-state index contributed by atoms with van der Waals surface area (Å²) in [6.45, 7) is 1.22. The summed E-state index contributed by atoms with van der Waals surface area (Å²) in [6.07, 6.45) is 5.38. The summed E-state index contributed by atoms with van der Waals surface area (Å²) < 4.78 is 26.1. The lowest BCUT2D eigenvalue weighted by Gasteiger charge is -2.36. The molecular formula is C27H28FN5O5. The van der Waals surface area contributed by atoms with Crippen LogP contribution in [0, 0.1) is 11.7 Å². The molecule has 2 aromatic heterocycles. The van der Waals surface area contributed by atoms with Gasteiger partial charge in [-0.3, -0.25) is 14.7 Å². The van der Waals surface area contributed by atoms with Gasteiger partial charge in [-0.25, -0.2) is 9.18 Å². The molecule has 2 aliphatic heterocycles. The number of benzene rings is 1. The first-order valence-corrected chi connectivity index (χ1v) is 12.6. The molecule has 2 unspecified atom stereocenters. The van der Waals surface area contributed by atoms with E-state index in [9.17, 15) is 19.1 Å². The van der Waals surface area contributed by atoms with Gasteiger partial charge >= 0.3 is 6.09 Å². The number of nitrogens with zero attached hydrogens (tertiary/aromatic N) is 2. The van der Waals surface area contributed by atoms with Gasteiger partial charge < -0.3 is 30.2 Å². The minimum absolute atomic E-state index is 0.0284. The van der Waals surface area contributed by atoms with E-state index >= 15 is 0 Å². The van der Waals surface area contributed by atoms with Gasteiger partial charge in [0.05, 0.1) is 41.5 Å². The molecule has 38 heavy (non-hydrogen) atoms. The highest BCUT2D eigenvalue weighted by Crippen LogP contribution is 2.47. The van der Waals surface area contributed by atoms with Gasteiger partial charge in [0, 0.05) is 37.0 Å². The fraction of sp³-hybridized carbons (Fsp3) is 0.370. The van der Waals surface area contributed by atoms with E-state index in [-0.39, 0.29) is 18.3 Å². The number of ether oxygens (including phenoxy) is 2. The zero-order chi connectivity index (χ0) is 26.4. The predicted molar refractivity (Wildman–Crippen MR) is 137 cm³/mol. The number of hydrogen-bond donors (Lipinski definition) is 4. The van der Waals surface area contributed by atoms with E-state index in [1.807, 2.05) is 0 Å². The number of para-hydroxylation sites is 1. The Hall–Kier alpha value is -4.28. The summed E-state index contributed by atoms with van der Waals surface area (Å²) in [6, 6.07) is 6.31. The minimum atomic E-state index is -0.930. The average molecular weight is 522 g/mol. The number of H-pyrrole nitrogens is 1. The van der Waals surface area contributed by atoms with E-state index in [1.165, 1.54) is 18.1 Å². The molecule has 2 bridgehead atoms. The number of piperidine rings is 1. The van der Waals surface area contributed by atoms with Gasteiger partial charge in [-0.15, -0.1) is 0 Å². The molecule has 3 aliphatic rings. The molecule has 11 heteroatoms. The van der Waals surface area contributed by atoms with E-state index in [4.69, 9.17) is 9.47 Å². The largest absolute Gasteiger partial charge is 0.492 e. The molecule has 2 amide bonds. The maximum absolute atomic E-state index is 14.5. The Morgan fingerprint density at radius 3 is 3.03 bits per heavy atom. The second-order valence-electron chi connectivity index (χ2n) is 10.1. The molecule has 1 saturated heterocycles. The Bertz CT molecular complexity index is 1420. The highest BCUT2D eigenvalue weighted by molar-refractivity contribution is 6.06. The Labute approximate surface area is 218 Å². The van der Waals surface area contributed by atoms with Gasteiger partial charge in [0.25, 0.3) is 5.91 Å². The van der Waals surface area contributed by atoms with Crippen LogP contribution in [0.5, 0.6) is 11.5 Å². The van der Waals surface area contributed by atoms with Crippen molar-refractivity contribution in [2.24, 2.45) is 5.92 Å². The van der Waals surface area contributed by atoms with Crippen molar-refractivity contribution in [1.29, 1.82) is 0 Å². The first-order chi connectivity index (χ1) is 18.4. The quantitative estimate of drug-likeness (QED) is 0.367. The Morgan fingerprint density at radius 1 is 1.37 bits per heavy atom. The molecule has 3 aromatic rings. The second kappa shape index (κ2) is 9.23. The number of pyridine rings is 1. The van der Waals surface area contributed by atoms with Crippen LogP contribution in [0.25, 0.3) is 11.3 Å². The molecule has 2 atom stereocenters. The standard InChI is InChI=1S/C27H28FN5O5/c1-37-24-17(28)3-2-4-19(24)32-23-21-18(7-10-30-25(21)34)31-22(23)16-6-9-29-12-20(16)38-14-27-8-5-15(11-27)13-33(27)26(35)36/h2-4,6,9,12,15,31-32H,5,7-8,10-11,13-14H2,1H3,(H,30,34)(H,35,36). The number of hydrogen-bond acceptors (Lipinski definition) is 6. The van der Waals surface area contributed by atoms with Crippen LogP contribution in [0.3, 0.4) is 0 Å².